The van der Waals surface area contributed by atoms with Crippen LogP contribution in [0.1, 0.15) is 67.3 Å². The highest BCUT2D eigenvalue weighted by Gasteiger charge is 2.28. The summed E-state index contributed by atoms with van der Waals surface area (Å²) < 4.78 is 10.1. The Morgan fingerprint density at radius 3 is 1.57 bits per heavy atom. The van der Waals surface area contributed by atoms with Crippen LogP contribution in [-0.4, -0.2) is 31.3 Å². The fourth-order valence-corrected chi connectivity index (χ4v) is 7.08. The van der Waals surface area contributed by atoms with Crippen molar-refractivity contribution in [1.82, 2.24) is 0 Å². The second kappa shape index (κ2) is 9.03. The van der Waals surface area contributed by atoms with Crippen LogP contribution in [-0.2, 0) is 35.2 Å². The van der Waals surface area contributed by atoms with E-state index < -0.39 is 0 Å². The van der Waals surface area contributed by atoms with Crippen LogP contribution in [0.15, 0.2) is 0 Å². The standard InChI is InChI=1S/C21H24N2O4S3/c1-26-19(24)15-11-7-3-5-9-13(11)29-17(15)22-21(28)23-18-16(20(25)27-2)12-8-4-6-10-14(12)30-18/h3-10H2,1-2H3,(H2,22,23,28). The Morgan fingerprint density at radius 2 is 1.17 bits per heavy atom. The van der Waals surface area contributed by atoms with Gasteiger partial charge in [-0.1, -0.05) is 0 Å². The Kier molecular flexibility index (Phi) is 6.40. The number of methoxy groups -OCH3 is 2. The average molecular weight is 465 g/mol. The van der Waals surface area contributed by atoms with Crippen LogP contribution in [0.3, 0.4) is 0 Å². The lowest BCUT2D eigenvalue weighted by Gasteiger charge is -2.13. The van der Waals surface area contributed by atoms with E-state index in [-0.39, 0.29) is 11.9 Å². The lowest BCUT2D eigenvalue weighted by molar-refractivity contribution is 0.0592. The number of esters is 2. The van der Waals surface area contributed by atoms with Crippen LogP contribution in [0.2, 0.25) is 0 Å². The number of hydrogen-bond acceptors (Lipinski definition) is 7. The van der Waals surface area contributed by atoms with Crippen molar-refractivity contribution in [1.29, 1.82) is 0 Å². The molecule has 0 atom stereocenters. The number of aryl methyl sites for hydroxylation is 2. The molecule has 2 heterocycles. The van der Waals surface area contributed by atoms with Crippen LogP contribution in [0.4, 0.5) is 10.0 Å². The molecule has 2 aliphatic rings. The molecule has 2 aromatic rings. The molecule has 0 unspecified atom stereocenters. The maximum atomic E-state index is 12.4. The molecule has 0 aliphatic heterocycles. The zero-order chi connectivity index (χ0) is 21.3. The van der Waals surface area contributed by atoms with E-state index in [4.69, 9.17) is 21.7 Å². The highest BCUT2D eigenvalue weighted by molar-refractivity contribution is 7.80. The number of carbonyl (C=O) groups excluding carboxylic acids is 2. The fourth-order valence-electron chi connectivity index (χ4n) is 4.18. The number of thiophene rings is 2. The van der Waals surface area contributed by atoms with Gasteiger partial charge >= 0.3 is 11.9 Å². The Labute approximate surface area is 189 Å². The summed E-state index contributed by atoms with van der Waals surface area (Å²) in [5.41, 5.74) is 3.32. The SMILES string of the molecule is COC(=O)c1c(NC(=S)Nc2sc3c(c2C(=O)OC)CCCC3)sc2c1CCCC2. The number of hydrogen-bond donors (Lipinski definition) is 2. The van der Waals surface area contributed by atoms with Crippen molar-refractivity contribution in [3.05, 3.63) is 32.0 Å². The number of carbonyl (C=O) groups is 2. The first-order valence-corrected chi connectivity index (χ1v) is 12.1. The Morgan fingerprint density at radius 1 is 0.767 bits per heavy atom. The third-order valence-electron chi connectivity index (χ3n) is 5.58. The minimum atomic E-state index is -0.346. The minimum Gasteiger partial charge on any atom is -0.465 e. The smallest absolute Gasteiger partial charge is 0.341 e. The molecule has 2 aliphatic carbocycles. The van der Waals surface area contributed by atoms with Gasteiger partial charge in [0.1, 0.15) is 10.0 Å². The normalized spacial score (nSPS) is 15.0. The summed E-state index contributed by atoms with van der Waals surface area (Å²) in [6.07, 6.45) is 8.08. The van der Waals surface area contributed by atoms with Crippen LogP contribution >= 0.6 is 34.9 Å². The van der Waals surface area contributed by atoms with Crippen molar-refractivity contribution in [2.75, 3.05) is 24.9 Å². The van der Waals surface area contributed by atoms with Crippen LogP contribution in [0, 0.1) is 0 Å². The second-order valence-corrected chi connectivity index (χ2v) is 10.0. The molecule has 0 spiro atoms. The molecule has 0 radical (unpaired) electrons. The topological polar surface area (TPSA) is 76.7 Å². The van der Waals surface area contributed by atoms with Gasteiger partial charge in [-0.25, -0.2) is 9.59 Å². The van der Waals surface area contributed by atoms with E-state index in [0.29, 0.717) is 26.2 Å². The largest absolute Gasteiger partial charge is 0.465 e. The molecule has 0 saturated carbocycles. The predicted molar refractivity (Wildman–Crippen MR) is 124 cm³/mol. The number of ether oxygens (including phenoxy) is 2. The first-order valence-electron chi connectivity index (χ1n) is 10.1. The molecule has 0 amide bonds. The van der Waals surface area contributed by atoms with E-state index in [1.54, 1.807) is 22.7 Å². The van der Waals surface area contributed by atoms with Crippen molar-refractivity contribution in [2.45, 2.75) is 51.4 Å². The van der Waals surface area contributed by atoms with E-state index in [9.17, 15) is 9.59 Å². The van der Waals surface area contributed by atoms with E-state index in [0.717, 1.165) is 62.5 Å². The molecule has 2 aromatic heterocycles. The van der Waals surface area contributed by atoms with Gasteiger partial charge in [0.15, 0.2) is 5.11 Å². The summed E-state index contributed by atoms with van der Waals surface area (Å²) in [7, 11) is 2.79. The molecule has 9 heteroatoms. The van der Waals surface area contributed by atoms with Crippen molar-refractivity contribution >= 4 is 61.9 Å². The zero-order valence-electron chi connectivity index (χ0n) is 17.0. The van der Waals surface area contributed by atoms with Gasteiger partial charge in [-0.15, -0.1) is 22.7 Å². The Balaban J connectivity index is 1.61. The summed E-state index contributed by atoms with van der Waals surface area (Å²) in [6.45, 7) is 0. The quantitative estimate of drug-likeness (QED) is 0.490. The van der Waals surface area contributed by atoms with Crippen molar-refractivity contribution in [2.24, 2.45) is 0 Å². The van der Waals surface area contributed by atoms with Gasteiger partial charge < -0.3 is 20.1 Å². The second-order valence-electron chi connectivity index (χ2n) is 7.39. The van der Waals surface area contributed by atoms with Gasteiger partial charge in [0, 0.05) is 9.75 Å². The lowest BCUT2D eigenvalue weighted by atomic mass is 9.95. The minimum absolute atomic E-state index is 0.346. The predicted octanol–water partition coefficient (Wildman–Crippen LogP) is 4.95. The summed E-state index contributed by atoms with van der Waals surface area (Å²) in [6, 6.07) is 0. The van der Waals surface area contributed by atoms with Gasteiger partial charge in [-0.05, 0) is 74.7 Å². The first kappa shape index (κ1) is 21.3. The first-order chi connectivity index (χ1) is 14.5. The molecule has 160 valence electrons. The maximum absolute atomic E-state index is 12.4. The molecular weight excluding hydrogens is 440 g/mol. The highest BCUT2D eigenvalue weighted by Crippen LogP contribution is 2.40. The van der Waals surface area contributed by atoms with Crippen molar-refractivity contribution in [3.8, 4) is 0 Å². The van der Waals surface area contributed by atoms with Gasteiger partial charge in [0.2, 0.25) is 0 Å². The van der Waals surface area contributed by atoms with E-state index in [1.165, 1.54) is 24.0 Å². The third-order valence-corrected chi connectivity index (χ3v) is 8.19. The summed E-state index contributed by atoms with van der Waals surface area (Å²) in [5.74, 6) is -0.692. The number of thiocarbonyl (C=S) groups is 1. The number of rotatable bonds is 4. The Bertz CT molecular complexity index is 930. The monoisotopic (exact) mass is 464 g/mol. The molecule has 0 saturated heterocycles. The van der Waals surface area contributed by atoms with E-state index >= 15 is 0 Å². The third kappa shape index (κ3) is 3.98. The molecule has 6 nitrogen and oxygen atoms in total. The number of anilines is 2. The van der Waals surface area contributed by atoms with Crippen molar-refractivity contribution < 1.29 is 19.1 Å². The lowest BCUT2D eigenvalue weighted by Crippen LogP contribution is -2.21. The highest BCUT2D eigenvalue weighted by atomic mass is 32.1. The molecule has 0 bridgehead atoms. The fraction of sp³-hybridized carbons (Fsp3) is 0.476. The number of fused-ring (bicyclic) bond motifs is 2. The van der Waals surface area contributed by atoms with E-state index in [2.05, 4.69) is 10.6 Å². The van der Waals surface area contributed by atoms with Gasteiger partial charge in [0.25, 0.3) is 0 Å². The Hall–Kier alpha value is -1.97. The maximum Gasteiger partial charge on any atom is 0.341 e. The van der Waals surface area contributed by atoms with Crippen LogP contribution in [0.5, 0.6) is 0 Å². The molecule has 0 fully saturated rings. The molecular formula is C21H24N2O4S3. The molecule has 4 rings (SSSR count). The van der Waals surface area contributed by atoms with Gasteiger partial charge in [0.05, 0.1) is 25.3 Å². The molecule has 30 heavy (non-hydrogen) atoms. The van der Waals surface area contributed by atoms with E-state index in [1.807, 2.05) is 0 Å². The summed E-state index contributed by atoms with van der Waals surface area (Å²) in [4.78, 5) is 27.3. The summed E-state index contributed by atoms with van der Waals surface area (Å²) in [5, 5.41) is 8.13. The molecule has 0 aromatic carbocycles. The van der Waals surface area contributed by atoms with Gasteiger partial charge in [-0.2, -0.15) is 0 Å². The van der Waals surface area contributed by atoms with Crippen LogP contribution < -0.4 is 10.6 Å². The van der Waals surface area contributed by atoms with Crippen LogP contribution in [0.25, 0.3) is 0 Å². The average Bonchev–Trinajstić information content (AvgIpc) is 3.29. The number of nitrogens with one attached hydrogen (secondary N) is 2. The molecule has 2 N–H and O–H groups in total. The summed E-state index contributed by atoms with van der Waals surface area (Å²) >= 11 is 8.67. The zero-order valence-corrected chi connectivity index (χ0v) is 19.5. The van der Waals surface area contributed by atoms with Gasteiger partial charge in [-0.3, -0.25) is 0 Å². The van der Waals surface area contributed by atoms with Crippen molar-refractivity contribution in [3.63, 3.8) is 0 Å².